The number of imide groups is 1. The topological polar surface area (TPSA) is 82.6 Å². The number of thiazole rings is 1. The van der Waals surface area contributed by atoms with Gasteiger partial charge in [-0.25, -0.2) is 9.78 Å². The van der Waals surface area contributed by atoms with Crippen LogP contribution in [0.15, 0.2) is 0 Å². The van der Waals surface area contributed by atoms with Gasteiger partial charge in [0, 0.05) is 19.6 Å². The van der Waals surface area contributed by atoms with Gasteiger partial charge in [-0.05, 0) is 33.1 Å². The Balaban J connectivity index is 1.76. The van der Waals surface area contributed by atoms with E-state index in [-0.39, 0.29) is 17.8 Å². The lowest BCUT2D eigenvalue weighted by Crippen LogP contribution is -2.57. The van der Waals surface area contributed by atoms with Crippen molar-refractivity contribution in [1.82, 2.24) is 20.1 Å². The zero-order valence-corrected chi connectivity index (χ0v) is 15.0. The van der Waals surface area contributed by atoms with Gasteiger partial charge in [0.05, 0.1) is 10.7 Å². The molecule has 0 aromatic carbocycles. The van der Waals surface area contributed by atoms with Gasteiger partial charge in [0.15, 0.2) is 0 Å². The number of likely N-dealkylation sites (tertiary alicyclic amines) is 1. The maximum Gasteiger partial charge on any atom is 0.325 e. The first-order chi connectivity index (χ1) is 11.4. The highest BCUT2D eigenvalue weighted by Gasteiger charge is 2.53. The summed E-state index contributed by atoms with van der Waals surface area (Å²) in [7, 11) is 0. The monoisotopic (exact) mass is 350 g/mol. The van der Waals surface area contributed by atoms with E-state index in [2.05, 4.69) is 10.3 Å². The molecule has 0 aliphatic carbocycles. The largest absolute Gasteiger partial charge is 0.338 e. The van der Waals surface area contributed by atoms with Gasteiger partial charge < -0.3 is 9.80 Å². The SMILES string of the molecule is CCc1nc(C)sc1C(=O)N1CCC2(CC1)C(=O)NC(=O)N2CC. The van der Waals surface area contributed by atoms with Crippen molar-refractivity contribution in [1.29, 1.82) is 0 Å². The highest BCUT2D eigenvalue weighted by Crippen LogP contribution is 2.34. The molecule has 0 radical (unpaired) electrons. The van der Waals surface area contributed by atoms with Crippen molar-refractivity contribution in [2.24, 2.45) is 0 Å². The Morgan fingerprint density at radius 3 is 2.54 bits per heavy atom. The van der Waals surface area contributed by atoms with Crippen LogP contribution < -0.4 is 5.32 Å². The second kappa shape index (κ2) is 6.16. The van der Waals surface area contributed by atoms with Crippen molar-refractivity contribution >= 4 is 29.2 Å². The lowest BCUT2D eigenvalue weighted by atomic mass is 9.86. The molecule has 24 heavy (non-hydrogen) atoms. The normalized spacial score (nSPS) is 20.0. The molecule has 0 saturated carbocycles. The average Bonchev–Trinajstić information content (AvgIpc) is 3.05. The van der Waals surface area contributed by atoms with Gasteiger partial charge in [-0.2, -0.15) is 0 Å². The third-order valence-corrected chi connectivity index (χ3v) is 5.93. The molecule has 1 aromatic heterocycles. The lowest BCUT2D eigenvalue weighted by molar-refractivity contribution is -0.128. The fourth-order valence-corrected chi connectivity index (χ4v) is 4.62. The molecule has 4 amide bonds. The summed E-state index contributed by atoms with van der Waals surface area (Å²) in [5, 5.41) is 3.30. The predicted molar refractivity (Wildman–Crippen MR) is 90.0 cm³/mol. The molecule has 0 bridgehead atoms. The van der Waals surface area contributed by atoms with Crippen LogP contribution >= 0.6 is 11.3 Å². The van der Waals surface area contributed by atoms with E-state index in [4.69, 9.17) is 0 Å². The van der Waals surface area contributed by atoms with Gasteiger partial charge in [-0.1, -0.05) is 6.92 Å². The molecule has 3 heterocycles. The molecule has 0 unspecified atom stereocenters. The van der Waals surface area contributed by atoms with Crippen LogP contribution in [0.2, 0.25) is 0 Å². The molecule has 2 aliphatic rings. The van der Waals surface area contributed by atoms with Gasteiger partial charge in [0.25, 0.3) is 11.8 Å². The van der Waals surface area contributed by atoms with E-state index in [1.807, 2.05) is 20.8 Å². The Hall–Kier alpha value is -1.96. The number of hydrogen-bond acceptors (Lipinski definition) is 5. The summed E-state index contributed by atoms with van der Waals surface area (Å²) >= 11 is 1.42. The molecule has 3 rings (SSSR count). The molecule has 1 N–H and O–H groups in total. The predicted octanol–water partition coefficient (Wildman–Crippen LogP) is 1.56. The Morgan fingerprint density at radius 1 is 1.29 bits per heavy atom. The first kappa shape index (κ1) is 16.9. The third-order valence-electron chi connectivity index (χ3n) is 4.93. The Bertz CT molecular complexity index is 691. The number of aryl methyl sites for hydroxylation is 2. The van der Waals surface area contributed by atoms with Gasteiger partial charge in [-0.15, -0.1) is 11.3 Å². The number of likely N-dealkylation sites (N-methyl/N-ethyl adjacent to an activating group) is 1. The summed E-state index contributed by atoms with van der Waals surface area (Å²) < 4.78 is 0. The van der Waals surface area contributed by atoms with Crippen molar-refractivity contribution in [3.05, 3.63) is 15.6 Å². The minimum Gasteiger partial charge on any atom is -0.338 e. The number of carbonyl (C=O) groups is 3. The Morgan fingerprint density at radius 2 is 1.96 bits per heavy atom. The van der Waals surface area contributed by atoms with Gasteiger partial charge >= 0.3 is 6.03 Å². The summed E-state index contributed by atoms with van der Waals surface area (Å²) in [4.78, 5) is 45.5. The van der Waals surface area contributed by atoms with E-state index in [0.717, 1.165) is 17.1 Å². The van der Waals surface area contributed by atoms with Crippen LogP contribution in [0.4, 0.5) is 4.79 Å². The molecule has 1 aromatic rings. The maximum atomic E-state index is 12.8. The standard InChI is InChI=1S/C16H22N4O3S/c1-4-11-12(24-10(3)17-11)13(21)19-8-6-16(7-9-19)14(22)18-15(23)20(16)5-2/h4-9H2,1-3H3,(H,18,22,23). The van der Waals surface area contributed by atoms with E-state index in [1.165, 1.54) is 11.3 Å². The van der Waals surface area contributed by atoms with Gasteiger partial charge in [0.1, 0.15) is 10.4 Å². The van der Waals surface area contributed by atoms with Crippen LogP contribution in [0.3, 0.4) is 0 Å². The zero-order chi connectivity index (χ0) is 17.5. The second-order valence-electron chi connectivity index (χ2n) is 6.19. The average molecular weight is 350 g/mol. The Kier molecular flexibility index (Phi) is 4.33. The molecule has 8 heteroatoms. The number of carbonyl (C=O) groups excluding carboxylic acids is 3. The third kappa shape index (κ3) is 2.49. The van der Waals surface area contributed by atoms with Crippen molar-refractivity contribution in [2.45, 2.75) is 45.6 Å². The lowest BCUT2D eigenvalue weighted by Gasteiger charge is -2.41. The minimum absolute atomic E-state index is 0.0138. The number of amides is 4. The first-order valence-corrected chi connectivity index (χ1v) is 9.13. The van der Waals surface area contributed by atoms with Crippen molar-refractivity contribution in [2.75, 3.05) is 19.6 Å². The number of hydrogen-bond donors (Lipinski definition) is 1. The fraction of sp³-hybridized carbons (Fsp3) is 0.625. The van der Waals surface area contributed by atoms with E-state index in [0.29, 0.717) is 37.4 Å². The quantitative estimate of drug-likeness (QED) is 0.839. The molecule has 2 saturated heterocycles. The van der Waals surface area contributed by atoms with Crippen LogP contribution in [-0.2, 0) is 11.2 Å². The van der Waals surface area contributed by atoms with Crippen LogP contribution in [0.5, 0.6) is 0 Å². The highest BCUT2D eigenvalue weighted by atomic mass is 32.1. The first-order valence-electron chi connectivity index (χ1n) is 8.31. The van der Waals surface area contributed by atoms with Gasteiger partial charge in [-0.3, -0.25) is 14.9 Å². The number of nitrogens with zero attached hydrogens (tertiary/aromatic N) is 3. The zero-order valence-electron chi connectivity index (χ0n) is 14.2. The fourth-order valence-electron chi connectivity index (χ4n) is 3.64. The van der Waals surface area contributed by atoms with Crippen molar-refractivity contribution < 1.29 is 14.4 Å². The van der Waals surface area contributed by atoms with Crippen LogP contribution in [0.1, 0.15) is 47.1 Å². The van der Waals surface area contributed by atoms with E-state index >= 15 is 0 Å². The molecule has 2 aliphatic heterocycles. The minimum atomic E-state index is -0.792. The summed E-state index contributed by atoms with van der Waals surface area (Å²) in [5.41, 5.74) is 0.0477. The van der Waals surface area contributed by atoms with Crippen LogP contribution in [0.25, 0.3) is 0 Å². The molecule has 2 fully saturated rings. The molecular weight excluding hydrogens is 328 g/mol. The molecule has 1 spiro atoms. The maximum absolute atomic E-state index is 12.8. The molecule has 130 valence electrons. The van der Waals surface area contributed by atoms with E-state index in [9.17, 15) is 14.4 Å². The number of nitrogens with one attached hydrogen (secondary N) is 1. The number of aromatic nitrogens is 1. The number of urea groups is 1. The van der Waals surface area contributed by atoms with Crippen LogP contribution in [0, 0.1) is 6.92 Å². The van der Waals surface area contributed by atoms with Crippen LogP contribution in [-0.4, -0.2) is 57.8 Å². The van der Waals surface area contributed by atoms with Crippen molar-refractivity contribution in [3.63, 3.8) is 0 Å². The molecular formula is C16H22N4O3S. The molecule has 7 nitrogen and oxygen atoms in total. The summed E-state index contributed by atoms with van der Waals surface area (Å²) in [5.74, 6) is -0.246. The Labute approximate surface area is 145 Å². The smallest absolute Gasteiger partial charge is 0.325 e. The highest BCUT2D eigenvalue weighted by molar-refractivity contribution is 7.13. The summed E-state index contributed by atoms with van der Waals surface area (Å²) in [6, 6.07) is -0.325. The summed E-state index contributed by atoms with van der Waals surface area (Å²) in [6.07, 6.45) is 1.68. The van der Waals surface area contributed by atoms with E-state index in [1.54, 1.807) is 9.80 Å². The van der Waals surface area contributed by atoms with Crippen molar-refractivity contribution in [3.8, 4) is 0 Å². The van der Waals surface area contributed by atoms with Gasteiger partial charge in [0.2, 0.25) is 0 Å². The number of piperidine rings is 1. The molecule has 0 atom stereocenters. The second-order valence-corrected chi connectivity index (χ2v) is 7.39. The van der Waals surface area contributed by atoms with E-state index < -0.39 is 5.54 Å². The number of rotatable bonds is 3. The summed E-state index contributed by atoms with van der Waals surface area (Å²) in [6.45, 7) is 7.18.